The van der Waals surface area contributed by atoms with Crippen molar-refractivity contribution >= 4 is 11.1 Å². The zero-order chi connectivity index (χ0) is 22.1. The molecule has 1 unspecified atom stereocenters. The second-order valence-electron chi connectivity index (χ2n) is 7.42. The Balaban J connectivity index is 1.93. The van der Waals surface area contributed by atoms with E-state index in [0.717, 1.165) is 35.4 Å². The molecule has 4 nitrogen and oxygen atoms in total. The maximum Gasteiger partial charge on any atom is 0.119 e. The minimum absolute atomic E-state index is 0.247. The smallest absolute Gasteiger partial charge is 0.119 e. The lowest BCUT2D eigenvalue weighted by atomic mass is 9.88. The van der Waals surface area contributed by atoms with Crippen LogP contribution in [-0.2, 0) is 0 Å². The Kier molecular flexibility index (Phi) is 8.27. The number of aliphatic hydroxyl groups excluding tert-OH is 1. The zero-order valence-corrected chi connectivity index (χ0v) is 18.2. The van der Waals surface area contributed by atoms with Crippen LogP contribution in [0.15, 0.2) is 78.9 Å². The highest BCUT2D eigenvalue weighted by atomic mass is 16.5. The molecule has 0 fully saturated rings. The minimum atomic E-state index is -0.545. The van der Waals surface area contributed by atoms with Crippen LogP contribution in [0.1, 0.15) is 37.0 Å². The molecule has 3 N–H and O–H groups in total. The van der Waals surface area contributed by atoms with E-state index in [0.29, 0.717) is 6.54 Å². The lowest BCUT2D eigenvalue weighted by molar-refractivity contribution is 0.107. The second-order valence-corrected chi connectivity index (χ2v) is 7.42. The van der Waals surface area contributed by atoms with E-state index >= 15 is 0 Å². The number of nitrogens with one attached hydrogen (secondary N) is 1. The van der Waals surface area contributed by atoms with Gasteiger partial charge in [0.1, 0.15) is 24.2 Å². The highest BCUT2D eigenvalue weighted by Gasteiger charge is 2.13. The van der Waals surface area contributed by atoms with Crippen molar-refractivity contribution in [3.8, 4) is 11.5 Å². The van der Waals surface area contributed by atoms with Crippen LogP contribution in [-0.4, -0.2) is 36.0 Å². The Morgan fingerprint density at radius 2 is 1.45 bits per heavy atom. The summed E-state index contributed by atoms with van der Waals surface area (Å²) < 4.78 is 5.75. The maximum absolute atomic E-state index is 9.97. The van der Waals surface area contributed by atoms with Crippen molar-refractivity contribution in [3.63, 3.8) is 0 Å². The monoisotopic (exact) mass is 417 g/mol. The molecule has 4 heteroatoms. The Hall–Kier alpha value is -3.08. The topological polar surface area (TPSA) is 61.7 Å². The van der Waals surface area contributed by atoms with Gasteiger partial charge in [0, 0.05) is 6.54 Å². The number of allylic oxidation sites excluding steroid dienone is 1. The Morgan fingerprint density at radius 1 is 0.839 bits per heavy atom. The van der Waals surface area contributed by atoms with E-state index in [9.17, 15) is 10.2 Å². The number of ether oxygens (including phenoxy) is 1. The average molecular weight is 418 g/mol. The van der Waals surface area contributed by atoms with Crippen molar-refractivity contribution in [1.82, 2.24) is 5.32 Å². The Labute approximate surface area is 184 Å². The summed E-state index contributed by atoms with van der Waals surface area (Å²) in [6.07, 6.45) is 0.326. The molecule has 1 atom stereocenters. The Morgan fingerprint density at radius 3 is 2.03 bits per heavy atom. The fourth-order valence-corrected chi connectivity index (χ4v) is 3.59. The number of likely N-dealkylation sites (N-methyl/N-ethyl adjacent to an activating group) is 1. The maximum atomic E-state index is 9.97. The lowest BCUT2D eigenvalue weighted by Gasteiger charge is -2.17. The summed E-state index contributed by atoms with van der Waals surface area (Å²) in [4.78, 5) is 0. The number of benzene rings is 3. The number of hydrogen-bond donors (Lipinski definition) is 3. The highest BCUT2D eigenvalue weighted by molar-refractivity contribution is 5.98. The number of aliphatic hydroxyl groups is 1. The lowest BCUT2D eigenvalue weighted by Crippen LogP contribution is -2.31. The Bertz CT molecular complexity index is 964. The molecule has 0 heterocycles. The van der Waals surface area contributed by atoms with Crippen LogP contribution in [0.2, 0.25) is 0 Å². The molecule has 3 rings (SSSR count). The van der Waals surface area contributed by atoms with Gasteiger partial charge in [-0.2, -0.15) is 0 Å². The quantitative estimate of drug-likeness (QED) is 0.401. The van der Waals surface area contributed by atoms with Crippen LogP contribution in [0, 0.1) is 0 Å². The van der Waals surface area contributed by atoms with E-state index in [1.54, 1.807) is 12.1 Å². The molecule has 0 bridgehead atoms. The van der Waals surface area contributed by atoms with Crippen LogP contribution in [0.4, 0.5) is 0 Å². The standard InChI is InChI=1S/C27H31NO3/c1-3-26(20-8-6-5-7-9-20)27(21-10-14-23(29)15-11-21)22-12-16-25(17-13-22)31-19-24(30)18-28-4-2/h5-17,24,28-30H,3-4,18-19H2,1-2H3/b27-26-. The van der Waals surface area contributed by atoms with Crippen molar-refractivity contribution in [3.05, 3.63) is 95.6 Å². The van der Waals surface area contributed by atoms with Gasteiger partial charge in [-0.25, -0.2) is 0 Å². The molecular formula is C27H31NO3. The third-order valence-corrected chi connectivity index (χ3v) is 5.15. The number of aromatic hydroxyl groups is 1. The minimum Gasteiger partial charge on any atom is -0.508 e. The molecule has 0 aromatic heterocycles. The van der Waals surface area contributed by atoms with Crippen molar-refractivity contribution in [2.24, 2.45) is 0 Å². The third kappa shape index (κ3) is 6.20. The summed E-state index contributed by atoms with van der Waals surface area (Å²) in [6.45, 7) is 5.74. The van der Waals surface area contributed by atoms with Crippen LogP contribution in [0.5, 0.6) is 11.5 Å². The zero-order valence-electron chi connectivity index (χ0n) is 18.2. The molecule has 31 heavy (non-hydrogen) atoms. The summed E-state index contributed by atoms with van der Waals surface area (Å²) in [7, 11) is 0. The summed E-state index contributed by atoms with van der Waals surface area (Å²) in [5, 5.41) is 22.8. The van der Waals surface area contributed by atoms with Gasteiger partial charge in [-0.1, -0.05) is 68.4 Å². The fraction of sp³-hybridized carbons (Fsp3) is 0.259. The van der Waals surface area contributed by atoms with Gasteiger partial charge in [0.15, 0.2) is 0 Å². The molecular weight excluding hydrogens is 386 g/mol. The number of phenolic OH excluding ortho intramolecular Hbond substituents is 1. The van der Waals surface area contributed by atoms with Crippen LogP contribution < -0.4 is 10.1 Å². The summed E-state index contributed by atoms with van der Waals surface area (Å²) in [5.74, 6) is 0.975. The van der Waals surface area contributed by atoms with Crippen molar-refractivity contribution in [1.29, 1.82) is 0 Å². The predicted octanol–water partition coefficient (Wildman–Crippen LogP) is 5.11. The van der Waals surface area contributed by atoms with Gasteiger partial charge < -0.3 is 20.3 Å². The highest BCUT2D eigenvalue weighted by Crippen LogP contribution is 2.35. The van der Waals surface area contributed by atoms with Crippen molar-refractivity contribution < 1.29 is 14.9 Å². The van der Waals surface area contributed by atoms with Gasteiger partial charge in [-0.3, -0.25) is 0 Å². The third-order valence-electron chi connectivity index (χ3n) is 5.15. The molecule has 0 saturated heterocycles. The number of hydrogen-bond acceptors (Lipinski definition) is 4. The molecule has 0 aliphatic carbocycles. The van der Waals surface area contributed by atoms with E-state index in [-0.39, 0.29) is 12.4 Å². The van der Waals surface area contributed by atoms with Crippen LogP contribution >= 0.6 is 0 Å². The van der Waals surface area contributed by atoms with Gasteiger partial charge >= 0.3 is 0 Å². The van der Waals surface area contributed by atoms with Crippen molar-refractivity contribution in [2.75, 3.05) is 19.7 Å². The van der Waals surface area contributed by atoms with E-state index < -0.39 is 6.10 Å². The van der Waals surface area contributed by atoms with E-state index in [1.807, 2.05) is 49.4 Å². The SMILES string of the molecule is CCNCC(O)COc1ccc(/C(=C(/CC)c2ccccc2)c2ccc(O)cc2)cc1. The van der Waals surface area contributed by atoms with Crippen molar-refractivity contribution in [2.45, 2.75) is 26.4 Å². The molecule has 3 aromatic carbocycles. The molecule has 0 saturated carbocycles. The molecule has 0 aliphatic rings. The van der Waals surface area contributed by atoms with Crippen LogP contribution in [0.25, 0.3) is 11.1 Å². The average Bonchev–Trinajstić information content (AvgIpc) is 2.81. The van der Waals surface area contributed by atoms with E-state index in [2.05, 4.69) is 36.5 Å². The number of rotatable bonds is 10. The first-order valence-corrected chi connectivity index (χ1v) is 10.8. The van der Waals surface area contributed by atoms with Gasteiger partial charge in [-0.05, 0) is 65.1 Å². The van der Waals surface area contributed by atoms with Crippen LogP contribution in [0.3, 0.4) is 0 Å². The summed E-state index contributed by atoms with van der Waals surface area (Å²) >= 11 is 0. The molecule has 0 aliphatic heterocycles. The molecule has 162 valence electrons. The molecule has 3 aromatic rings. The van der Waals surface area contributed by atoms with E-state index in [4.69, 9.17) is 4.74 Å². The summed E-state index contributed by atoms with van der Waals surface area (Å²) in [5.41, 5.74) is 5.67. The first-order chi connectivity index (χ1) is 15.1. The summed E-state index contributed by atoms with van der Waals surface area (Å²) in [6, 6.07) is 25.7. The molecule has 0 spiro atoms. The largest absolute Gasteiger partial charge is 0.508 e. The molecule has 0 amide bonds. The van der Waals surface area contributed by atoms with Gasteiger partial charge in [0.25, 0.3) is 0 Å². The van der Waals surface area contributed by atoms with E-state index in [1.165, 1.54) is 11.1 Å². The van der Waals surface area contributed by atoms with Gasteiger partial charge in [0.05, 0.1) is 0 Å². The molecule has 0 radical (unpaired) electrons. The first-order valence-electron chi connectivity index (χ1n) is 10.8. The number of phenols is 1. The van der Waals surface area contributed by atoms with Gasteiger partial charge in [-0.15, -0.1) is 0 Å². The second kappa shape index (κ2) is 11.3. The van der Waals surface area contributed by atoms with Gasteiger partial charge in [0.2, 0.25) is 0 Å². The normalized spacial score (nSPS) is 12.9. The first kappa shape index (κ1) is 22.6. The fourth-order valence-electron chi connectivity index (χ4n) is 3.59. The predicted molar refractivity (Wildman–Crippen MR) is 127 cm³/mol.